The molecule has 0 spiro atoms. The average molecular weight is 347 g/mol. The van der Waals surface area contributed by atoms with Gasteiger partial charge in [0.25, 0.3) is 0 Å². The van der Waals surface area contributed by atoms with Crippen LogP contribution in [0, 0.1) is 6.92 Å². The molecule has 2 aromatic carbocycles. The first-order valence-electron chi connectivity index (χ1n) is 7.81. The number of halogens is 1. The highest BCUT2D eigenvalue weighted by Crippen LogP contribution is 2.24. The van der Waals surface area contributed by atoms with E-state index in [1.54, 1.807) is 7.11 Å². The SMILES string of the molecule is COc1ccc(C(C)N(C)CC(=O)Nc2cccc(Cl)c2C)cc1. The van der Waals surface area contributed by atoms with Gasteiger partial charge in [-0.25, -0.2) is 0 Å². The second kappa shape index (κ2) is 8.18. The van der Waals surface area contributed by atoms with Crippen LogP contribution >= 0.6 is 11.6 Å². The number of carbonyl (C=O) groups excluding carboxylic acids is 1. The van der Waals surface area contributed by atoms with Gasteiger partial charge in [-0.2, -0.15) is 0 Å². The van der Waals surface area contributed by atoms with E-state index in [9.17, 15) is 4.79 Å². The molecular formula is C19H23ClN2O2. The number of ether oxygens (including phenoxy) is 1. The summed E-state index contributed by atoms with van der Waals surface area (Å²) in [6.07, 6.45) is 0. The van der Waals surface area contributed by atoms with E-state index < -0.39 is 0 Å². The highest BCUT2D eigenvalue weighted by atomic mass is 35.5. The van der Waals surface area contributed by atoms with Crippen LogP contribution < -0.4 is 10.1 Å². The lowest BCUT2D eigenvalue weighted by atomic mass is 10.1. The molecule has 0 aliphatic rings. The maximum atomic E-state index is 12.3. The molecule has 0 fully saturated rings. The molecule has 0 saturated heterocycles. The van der Waals surface area contributed by atoms with E-state index in [4.69, 9.17) is 16.3 Å². The van der Waals surface area contributed by atoms with Crippen molar-refractivity contribution in [2.45, 2.75) is 19.9 Å². The summed E-state index contributed by atoms with van der Waals surface area (Å²) in [6, 6.07) is 13.5. The number of rotatable bonds is 6. The summed E-state index contributed by atoms with van der Waals surface area (Å²) in [5.41, 5.74) is 2.75. The lowest BCUT2D eigenvalue weighted by Crippen LogP contribution is -2.32. The molecule has 0 radical (unpaired) electrons. The van der Waals surface area contributed by atoms with Gasteiger partial charge in [0.2, 0.25) is 5.91 Å². The van der Waals surface area contributed by atoms with Gasteiger partial charge in [0, 0.05) is 16.8 Å². The Morgan fingerprint density at radius 1 is 1.25 bits per heavy atom. The Morgan fingerprint density at radius 3 is 2.54 bits per heavy atom. The van der Waals surface area contributed by atoms with E-state index in [0.29, 0.717) is 11.6 Å². The summed E-state index contributed by atoms with van der Waals surface area (Å²) in [4.78, 5) is 14.3. The molecule has 5 heteroatoms. The standard InChI is InChI=1S/C19H23ClN2O2/c1-13-17(20)6-5-7-18(13)21-19(23)12-22(3)14(2)15-8-10-16(24-4)11-9-15/h5-11,14H,12H2,1-4H3,(H,21,23). The number of hydrogen-bond acceptors (Lipinski definition) is 3. The molecule has 0 aromatic heterocycles. The molecule has 1 unspecified atom stereocenters. The summed E-state index contributed by atoms with van der Waals surface area (Å²) in [7, 11) is 3.58. The molecule has 2 aromatic rings. The van der Waals surface area contributed by atoms with E-state index >= 15 is 0 Å². The Kier molecular flexibility index (Phi) is 6.23. The van der Waals surface area contributed by atoms with Crippen LogP contribution in [-0.4, -0.2) is 31.5 Å². The highest BCUT2D eigenvalue weighted by molar-refractivity contribution is 6.31. The third-order valence-corrected chi connectivity index (χ3v) is 4.60. The van der Waals surface area contributed by atoms with E-state index in [2.05, 4.69) is 12.2 Å². The van der Waals surface area contributed by atoms with Gasteiger partial charge < -0.3 is 10.1 Å². The summed E-state index contributed by atoms with van der Waals surface area (Å²) in [5, 5.41) is 3.57. The zero-order valence-electron chi connectivity index (χ0n) is 14.5. The van der Waals surface area contributed by atoms with Gasteiger partial charge in [0.15, 0.2) is 0 Å². The lowest BCUT2D eigenvalue weighted by molar-refractivity contribution is -0.117. The van der Waals surface area contributed by atoms with Gasteiger partial charge in [0.1, 0.15) is 5.75 Å². The number of nitrogens with one attached hydrogen (secondary N) is 1. The summed E-state index contributed by atoms with van der Waals surface area (Å²) < 4.78 is 5.17. The number of hydrogen-bond donors (Lipinski definition) is 1. The number of amides is 1. The van der Waals surface area contributed by atoms with Crippen LogP contribution in [0.4, 0.5) is 5.69 Å². The minimum Gasteiger partial charge on any atom is -0.497 e. The third-order valence-electron chi connectivity index (χ3n) is 4.19. The molecule has 0 heterocycles. The molecule has 1 atom stereocenters. The predicted octanol–water partition coefficient (Wildman–Crippen LogP) is 4.29. The van der Waals surface area contributed by atoms with Crippen LogP contribution in [0.2, 0.25) is 5.02 Å². The third kappa shape index (κ3) is 4.49. The van der Waals surface area contributed by atoms with Crippen molar-refractivity contribution in [3.05, 3.63) is 58.6 Å². The Balaban J connectivity index is 1.98. The topological polar surface area (TPSA) is 41.6 Å². The molecular weight excluding hydrogens is 324 g/mol. The molecule has 128 valence electrons. The molecule has 4 nitrogen and oxygen atoms in total. The summed E-state index contributed by atoms with van der Waals surface area (Å²) in [6.45, 7) is 4.25. The first kappa shape index (κ1) is 18.3. The van der Waals surface area contributed by atoms with Crippen LogP contribution in [0.15, 0.2) is 42.5 Å². The zero-order valence-corrected chi connectivity index (χ0v) is 15.2. The van der Waals surface area contributed by atoms with Crippen molar-refractivity contribution in [2.24, 2.45) is 0 Å². The van der Waals surface area contributed by atoms with E-state index in [0.717, 1.165) is 22.6 Å². The van der Waals surface area contributed by atoms with Gasteiger partial charge in [-0.15, -0.1) is 0 Å². The normalized spacial score (nSPS) is 12.1. The van der Waals surface area contributed by atoms with E-state index in [1.165, 1.54) is 0 Å². The quantitative estimate of drug-likeness (QED) is 0.848. The van der Waals surface area contributed by atoms with Crippen molar-refractivity contribution in [2.75, 3.05) is 26.0 Å². The summed E-state index contributed by atoms with van der Waals surface area (Å²) in [5.74, 6) is 0.756. The van der Waals surface area contributed by atoms with Crippen LogP contribution in [0.25, 0.3) is 0 Å². The van der Waals surface area contributed by atoms with Crippen LogP contribution in [0.3, 0.4) is 0 Å². The molecule has 1 amide bonds. The van der Waals surface area contributed by atoms with Crippen LogP contribution in [0.1, 0.15) is 24.1 Å². The molecule has 0 aliphatic carbocycles. The fourth-order valence-corrected chi connectivity index (χ4v) is 2.61. The van der Waals surface area contributed by atoms with Gasteiger partial charge in [-0.3, -0.25) is 9.69 Å². The van der Waals surface area contributed by atoms with Gasteiger partial charge in [-0.1, -0.05) is 29.8 Å². The minimum atomic E-state index is -0.0665. The zero-order chi connectivity index (χ0) is 17.7. The molecule has 2 rings (SSSR count). The smallest absolute Gasteiger partial charge is 0.238 e. The van der Waals surface area contributed by atoms with Crippen LogP contribution in [-0.2, 0) is 4.79 Å². The summed E-state index contributed by atoms with van der Waals surface area (Å²) >= 11 is 6.09. The number of benzene rings is 2. The first-order valence-corrected chi connectivity index (χ1v) is 8.19. The fraction of sp³-hybridized carbons (Fsp3) is 0.316. The minimum absolute atomic E-state index is 0.0665. The molecule has 1 N–H and O–H groups in total. The Morgan fingerprint density at radius 2 is 1.92 bits per heavy atom. The van der Waals surface area contributed by atoms with Crippen molar-refractivity contribution in [3.8, 4) is 5.75 Å². The van der Waals surface area contributed by atoms with E-state index in [1.807, 2.05) is 61.3 Å². The monoisotopic (exact) mass is 346 g/mol. The molecule has 24 heavy (non-hydrogen) atoms. The lowest BCUT2D eigenvalue weighted by Gasteiger charge is -2.24. The van der Waals surface area contributed by atoms with Gasteiger partial charge in [0.05, 0.1) is 13.7 Å². The maximum absolute atomic E-state index is 12.3. The predicted molar refractivity (Wildman–Crippen MR) is 98.9 cm³/mol. The van der Waals surface area contributed by atoms with Crippen molar-refractivity contribution < 1.29 is 9.53 Å². The fourth-order valence-electron chi connectivity index (χ4n) is 2.43. The Bertz CT molecular complexity index is 701. The van der Waals surface area contributed by atoms with Gasteiger partial charge >= 0.3 is 0 Å². The van der Waals surface area contributed by atoms with Gasteiger partial charge in [-0.05, 0) is 56.3 Å². The number of carbonyl (C=O) groups is 1. The number of likely N-dealkylation sites (N-methyl/N-ethyl adjacent to an activating group) is 1. The average Bonchev–Trinajstić information content (AvgIpc) is 2.58. The maximum Gasteiger partial charge on any atom is 0.238 e. The molecule has 0 aliphatic heterocycles. The Labute approximate surface area is 148 Å². The second-order valence-corrected chi connectivity index (χ2v) is 6.23. The first-order chi connectivity index (χ1) is 11.4. The van der Waals surface area contributed by atoms with Crippen molar-refractivity contribution in [3.63, 3.8) is 0 Å². The van der Waals surface area contributed by atoms with Crippen LogP contribution in [0.5, 0.6) is 5.75 Å². The largest absolute Gasteiger partial charge is 0.497 e. The Hall–Kier alpha value is -2.04. The molecule has 0 saturated carbocycles. The van der Waals surface area contributed by atoms with Crippen molar-refractivity contribution >= 4 is 23.2 Å². The number of methoxy groups -OCH3 is 1. The van der Waals surface area contributed by atoms with Crippen molar-refractivity contribution in [1.29, 1.82) is 0 Å². The number of anilines is 1. The highest BCUT2D eigenvalue weighted by Gasteiger charge is 2.16. The van der Waals surface area contributed by atoms with Crippen molar-refractivity contribution in [1.82, 2.24) is 4.90 Å². The number of nitrogens with zero attached hydrogens (tertiary/aromatic N) is 1. The second-order valence-electron chi connectivity index (χ2n) is 5.82. The molecule has 0 bridgehead atoms. The van der Waals surface area contributed by atoms with E-state index in [-0.39, 0.29) is 11.9 Å².